The summed E-state index contributed by atoms with van der Waals surface area (Å²) >= 11 is 6.54. The van der Waals surface area contributed by atoms with Gasteiger partial charge < -0.3 is 4.52 Å². The van der Waals surface area contributed by atoms with Crippen LogP contribution in [0.3, 0.4) is 0 Å². The van der Waals surface area contributed by atoms with Gasteiger partial charge in [-0.2, -0.15) is 5.10 Å². The predicted octanol–water partition coefficient (Wildman–Crippen LogP) is 3.77. The molecule has 3 aromatic heterocycles. The van der Waals surface area contributed by atoms with Crippen molar-refractivity contribution in [2.75, 3.05) is 6.54 Å². The summed E-state index contributed by atoms with van der Waals surface area (Å²) in [5.74, 6) is 0.760. The van der Waals surface area contributed by atoms with Crippen LogP contribution in [0.4, 0.5) is 0 Å². The van der Waals surface area contributed by atoms with Gasteiger partial charge in [0.05, 0.1) is 11.7 Å². The third-order valence-electron chi connectivity index (χ3n) is 4.69. The first-order chi connectivity index (χ1) is 12.1. The number of nitrogens with zero attached hydrogens (tertiary/aromatic N) is 5. The molecule has 0 bridgehead atoms. The fourth-order valence-corrected chi connectivity index (χ4v) is 3.68. The van der Waals surface area contributed by atoms with E-state index in [2.05, 4.69) is 26.2 Å². The van der Waals surface area contributed by atoms with Gasteiger partial charge in [-0.15, -0.1) is 0 Å². The molecule has 0 aliphatic carbocycles. The smallest absolute Gasteiger partial charge is 0.134 e. The van der Waals surface area contributed by atoms with Gasteiger partial charge in [0.25, 0.3) is 0 Å². The van der Waals surface area contributed by atoms with E-state index in [9.17, 15) is 0 Å². The van der Waals surface area contributed by atoms with Crippen LogP contribution in [0.1, 0.15) is 35.9 Å². The Labute approximate surface area is 151 Å². The Bertz CT molecular complexity index is 873. The molecule has 0 spiro atoms. The SMILES string of the molecule is Cc1cc(-c2nn(C)c(Cl)c2CN2CCC[C@H]2c2ccccn2)no1. The molecule has 0 radical (unpaired) electrons. The molecule has 0 unspecified atom stereocenters. The number of pyridine rings is 1. The van der Waals surface area contributed by atoms with Crippen LogP contribution in [0.25, 0.3) is 11.4 Å². The molecule has 1 aliphatic rings. The molecule has 3 aromatic rings. The maximum Gasteiger partial charge on any atom is 0.134 e. The van der Waals surface area contributed by atoms with E-state index in [0.717, 1.165) is 54.3 Å². The zero-order chi connectivity index (χ0) is 17.4. The predicted molar refractivity (Wildman–Crippen MR) is 95.1 cm³/mol. The highest BCUT2D eigenvalue weighted by atomic mass is 35.5. The fourth-order valence-electron chi connectivity index (χ4n) is 3.50. The van der Waals surface area contributed by atoms with Crippen LogP contribution in [0.5, 0.6) is 0 Å². The second-order valence-electron chi connectivity index (χ2n) is 6.45. The molecule has 1 atom stereocenters. The summed E-state index contributed by atoms with van der Waals surface area (Å²) in [6.07, 6.45) is 4.11. The van der Waals surface area contributed by atoms with E-state index in [1.54, 1.807) is 4.68 Å². The molecule has 0 N–H and O–H groups in total. The van der Waals surface area contributed by atoms with Gasteiger partial charge >= 0.3 is 0 Å². The highest BCUT2D eigenvalue weighted by Crippen LogP contribution is 2.36. The molecule has 1 fully saturated rings. The molecule has 7 heteroatoms. The van der Waals surface area contributed by atoms with E-state index in [4.69, 9.17) is 16.1 Å². The largest absolute Gasteiger partial charge is 0.361 e. The first kappa shape index (κ1) is 16.3. The number of likely N-dealkylation sites (tertiary alicyclic amines) is 1. The van der Waals surface area contributed by atoms with E-state index >= 15 is 0 Å². The summed E-state index contributed by atoms with van der Waals surface area (Å²) in [7, 11) is 1.85. The summed E-state index contributed by atoms with van der Waals surface area (Å²) in [6, 6.07) is 8.29. The van der Waals surface area contributed by atoms with Crippen molar-refractivity contribution >= 4 is 11.6 Å². The molecule has 4 rings (SSSR count). The molecule has 1 aliphatic heterocycles. The Morgan fingerprint density at radius 1 is 1.36 bits per heavy atom. The fraction of sp³-hybridized carbons (Fsp3) is 0.389. The zero-order valence-corrected chi connectivity index (χ0v) is 15.1. The lowest BCUT2D eigenvalue weighted by atomic mass is 10.1. The summed E-state index contributed by atoms with van der Waals surface area (Å²) in [5.41, 5.74) is 3.61. The molecule has 0 saturated carbocycles. The molecule has 1 saturated heterocycles. The summed E-state index contributed by atoms with van der Waals surface area (Å²) in [6.45, 7) is 3.61. The van der Waals surface area contributed by atoms with Crippen molar-refractivity contribution in [3.8, 4) is 11.4 Å². The van der Waals surface area contributed by atoms with Crippen LogP contribution in [-0.2, 0) is 13.6 Å². The molecule has 25 heavy (non-hydrogen) atoms. The van der Waals surface area contributed by atoms with Gasteiger partial charge in [-0.1, -0.05) is 22.8 Å². The van der Waals surface area contributed by atoms with Crippen molar-refractivity contribution in [2.45, 2.75) is 32.4 Å². The number of hydrogen-bond acceptors (Lipinski definition) is 5. The minimum atomic E-state index is 0.310. The first-order valence-electron chi connectivity index (χ1n) is 8.43. The zero-order valence-electron chi connectivity index (χ0n) is 14.3. The van der Waals surface area contributed by atoms with Crippen LogP contribution >= 0.6 is 11.6 Å². The Balaban J connectivity index is 1.66. The number of halogens is 1. The van der Waals surface area contributed by atoms with Gasteiger partial charge in [-0.3, -0.25) is 14.6 Å². The van der Waals surface area contributed by atoms with Gasteiger partial charge in [0.1, 0.15) is 22.3 Å². The van der Waals surface area contributed by atoms with E-state index in [1.165, 1.54) is 0 Å². The average molecular weight is 358 g/mol. The van der Waals surface area contributed by atoms with Crippen molar-refractivity contribution in [3.63, 3.8) is 0 Å². The van der Waals surface area contributed by atoms with Crippen LogP contribution in [0, 0.1) is 6.92 Å². The summed E-state index contributed by atoms with van der Waals surface area (Å²) in [4.78, 5) is 6.96. The first-order valence-corrected chi connectivity index (χ1v) is 8.81. The summed E-state index contributed by atoms with van der Waals surface area (Å²) < 4.78 is 6.91. The third kappa shape index (κ3) is 3.07. The maximum absolute atomic E-state index is 6.54. The van der Waals surface area contributed by atoms with Crippen molar-refractivity contribution in [1.82, 2.24) is 24.8 Å². The second kappa shape index (κ2) is 6.61. The lowest BCUT2D eigenvalue weighted by Gasteiger charge is -2.24. The van der Waals surface area contributed by atoms with Gasteiger partial charge in [0, 0.05) is 31.4 Å². The normalized spacial score (nSPS) is 18.1. The molecule has 0 amide bonds. The molecular weight excluding hydrogens is 338 g/mol. The Morgan fingerprint density at radius 3 is 2.96 bits per heavy atom. The minimum absolute atomic E-state index is 0.310. The van der Waals surface area contributed by atoms with Crippen molar-refractivity contribution in [2.24, 2.45) is 7.05 Å². The lowest BCUT2D eigenvalue weighted by Crippen LogP contribution is -2.23. The number of aryl methyl sites for hydroxylation is 2. The van der Waals surface area contributed by atoms with Crippen LogP contribution in [0.2, 0.25) is 5.15 Å². The van der Waals surface area contributed by atoms with Crippen molar-refractivity contribution < 1.29 is 4.52 Å². The van der Waals surface area contributed by atoms with E-state index in [0.29, 0.717) is 11.2 Å². The van der Waals surface area contributed by atoms with Crippen LogP contribution in [0.15, 0.2) is 35.0 Å². The molecule has 0 aromatic carbocycles. The third-order valence-corrected chi connectivity index (χ3v) is 5.17. The van der Waals surface area contributed by atoms with Crippen LogP contribution < -0.4 is 0 Å². The minimum Gasteiger partial charge on any atom is -0.361 e. The Kier molecular flexibility index (Phi) is 4.31. The molecular formula is C18H20ClN5O. The van der Waals surface area contributed by atoms with E-state index < -0.39 is 0 Å². The number of hydrogen-bond donors (Lipinski definition) is 0. The molecule has 6 nitrogen and oxygen atoms in total. The van der Waals surface area contributed by atoms with Gasteiger partial charge in [-0.25, -0.2) is 0 Å². The standard InChI is InChI=1S/C18H20ClN5O/c1-12-10-15(22-25-12)17-13(18(19)23(2)21-17)11-24-9-5-7-16(24)14-6-3-4-8-20-14/h3-4,6,8,10,16H,5,7,9,11H2,1-2H3/t16-/m0/s1. The van der Waals surface area contributed by atoms with Crippen molar-refractivity contribution in [1.29, 1.82) is 0 Å². The highest BCUT2D eigenvalue weighted by Gasteiger charge is 2.30. The van der Waals surface area contributed by atoms with Crippen molar-refractivity contribution in [3.05, 3.63) is 52.6 Å². The quantitative estimate of drug-likeness (QED) is 0.711. The van der Waals surface area contributed by atoms with Gasteiger partial charge in [0.15, 0.2) is 0 Å². The number of rotatable bonds is 4. The second-order valence-corrected chi connectivity index (χ2v) is 6.81. The van der Waals surface area contributed by atoms with Gasteiger partial charge in [-0.05, 0) is 38.4 Å². The Hall–Kier alpha value is -2.18. The molecule has 130 valence electrons. The lowest BCUT2D eigenvalue weighted by molar-refractivity contribution is 0.244. The van der Waals surface area contributed by atoms with Gasteiger partial charge in [0.2, 0.25) is 0 Å². The maximum atomic E-state index is 6.54. The Morgan fingerprint density at radius 2 is 2.24 bits per heavy atom. The average Bonchev–Trinajstić information content (AvgIpc) is 3.32. The van der Waals surface area contributed by atoms with Crippen LogP contribution in [-0.4, -0.2) is 31.4 Å². The summed E-state index contributed by atoms with van der Waals surface area (Å²) in [5, 5.41) is 9.31. The topological polar surface area (TPSA) is 60.0 Å². The monoisotopic (exact) mass is 357 g/mol. The van der Waals surface area contributed by atoms with E-state index in [-0.39, 0.29) is 0 Å². The highest BCUT2D eigenvalue weighted by molar-refractivity contribution is 6.30. The van der Waals surface area contributed by atoms with E-state index in [1.807, 2.05) is 38.4 Å². The number of aromatic nitrogens is 4. The molecule has 4 heterocycles.